The van der Waals surface area contributed by atoms with Crippen LogP contribution in [0.25, 0.3) is 0 Å². The normalized spacial score (nSPS) is 21.8. The molecule has 2 amide bonds. The first-order valence-corrected chi connectivity index (χ1v) is 8.64. The van der Waals surface area contributed by atoms with E-state index in [1.165, 1.54) is 12.1 Å². The lowest BCUT2D eigenvalue weighted by atomic mass is 9.98. The van der Waals surface area contributed by atoms with Crippen molar-refractivity contribution >= 4 is 33.3 Å². The number of piperidine rings is 1. The molecule has 2 N–H and O–H groups in total. The summed E-state index contributed by atoms with van der Waals surface area (Å²) in [5, 5.41) is 6.17. The molecule has 2 aliphatic rings. The van der Waals surface area contributed by atoms with Crippen molar-refractivity contribution in [1.82, 2.24) is 9.62 Å². The number of sulfonamides is 1. The molecule has 0 bridgehead atoms. The van der Waals surface area contributed by atoms with Crippen LogP contribution in [0, 0.1) is 5.92 Å². The molecule has 0 atom stereocenters. The lowest BCUT2D eigenvalue weighted by Gasteiger charge is -2.33. The van der Waals surface area contributed by atoms with E-state index >= 15 is 0 Å². The maximum atomic E-state index is 12.6. The van der Waals surface area contributed by atoms with E-state index in [4.69, 9.17) is 11.6 Å². The van der Waals surface area contributed by atoms with Crippen LogP contribution in [-0.4, -0.2) is 38.4 Å². The molecule has 3 rings (SSSR count). The second kappa shape index (κ2) is 5.47. The molecule has 1 fully saturated rings. The number of benzene rings is 1. The molecule has 1 aromatic carbocycles. The van der Waals surface area contributed by atoms with Gasteiger partial charge >= 0.3 is 6.03 Å². The standard InChI is InChI=1S/C13H16ClN3O3S/c14-10-1-2-11-12(7-10)21(19,20)17(13(18)16-11)8-9-3-5-15-6-4-9/h1-2,7,9,15H,3-6,8H2,(H,16,18). The van der Waals surface area contributed by atoms with Crippen molar-refractivity contribution in [3.05, 3.63) is 23.2 Å². The van der Waals surface area contributed by atoms with Gasteiger partial charge in [0.1, 0.15) is 4.90 Å². The van der Waals surface area contributed by atoms with E-state index in [1.807, 2.05) is 0 Å². The number of urea groups is 1. The zero-order chi connectivity index (χ0) is 15.0. The predicted molar refractivity (Wildman–Crippen MR) is 80.0 cm³/mol. The molecule has 0 radical (unpaired) electrons. The van der Waals surface area contributed by atoms with Gasteiger partial charge in [-0.2, -0.15) is 0 Å². The third kappa shape index (κ3) is 2.73. The van der Waals surface area contributed by atoms with Gasteiger partial charge in [-0.3, -0.25) is 0 Å². The summed E-state index contributed by atoms with van der Waals surface area (Å²) >= 11 is 5.88. The zero-order valence-electron chi connectivity index (χ0n) is 11.3. The molecule has 8 heteroatoms. The SMILES string of the molecule is O=C1Nc2ccc(Cl)cc2S(=O)(=O)N1CC1CCNCC1. The van der Waals surface area contributed by atoms with Gasteiger partial charge in [-0.1, -0.05) is 11.6 Å². The number of fused-ring (bicyclic) bond motifs is 1. The topological polar surface area (TPSA) is 78.5 Å². The highest BCUT2D eigenvalue weighted by Gasteiger charge is 2.38. The van der Waals surface area contributed by atoms with Crippen LogP contribution in [0.4, 0.5) is 10.5 Å². The van der Waals surface area contributed by atoms with Gasteiger partial charge in [0.25, 0.3) is 10.0 Å². The summed E-state index contributed by atoms with van der Waals surface area (Å²) in [6, 6.07) is 3.85. The molecule has 0 aliphatic carbocycles. The second-order valence-electron chi connectivity index (χ2n) is 5.30. The first-order chi connectivity index (χ1) is 9.98. The summed E-state index contributed by atoms with van der Waals surface area (Å²) in [5.41, 5.74) is 0.283. The average molecular weight is 330 g/mol. The molecule has 2 aliphatic heterocycles. The zero-order valence-corrected chi connectivity index (χ0v) is 12.9. The Morgan fingerprint density at radius 2 is 2.00 bits per heavy atom. The summed E-state index contributed by atoms with van der Waals surface area (Å²) in [5.74, 6) is 0.188. The first-order valence-electron chi connectivity index (χ1n) is 6.82. The summed E-state index contributed by atoms with van der Waals surface area (Å²) in [4.78, 5) is 12.2. The minimum atomic E-state index is -3.84. The number of halogens is 1. The number of rotatable bonds is 2. The highest BCUT2D eigenvalue weighted by molar-refractivity contribution is 7.90. The highest BCUT2D eigenvalue weighted by atomic mass is 35.5. The van der Waals surface area contributed by atoms with Crippen LogP contribution in [0.2, 0.25) is 5.02 Å². The average Bonchev–Trinajstić information content (AvgIpc) is 2.46. The number of anilines is 1. The van der Waals surface area contributed by atoms with Crippen LogP contribution < -0.4 is 10.6 Å². The Kier molecular flexibility index (Phi) is 3.81. The Bertz CT molecular complexity index is 671. The van der Waals surface area contributed by atoms with Crippen LogP contribution in [0.5, 0.6) is 0 Å². The Morgan fingerprint density at radius 3 is 2.71 bits per heavy atom. The number of nitrogens with one attached hydrogen (secondary N) is 2. The fraction of sp³-hybridized carbons (Fsp3) is 0.462. The summed E-state index contributed by atoms with van der Waals surface area (Å²) in [7, 11) is -3.84. The summed E-state index contributed by atoms with van der Waals surface area (Å²) in [6.45, 7) is 1.91. The molecule has 1 aromatic rings. The quantitative estimate of drug-likeness (QED) is 0.868. The molecule has 0 unspecified atom stereocenters. The number of hydrogen-bond acceptors (Lipinski definition) is 4. The fourth-order valence-electron chi connectivity index (χ4n) is 2.70. The molecule has 2 heterocycles. The van der Waals surface area contributed by atoms with Gasteiger partial charge < -0.3 is 10.6 Å². The van der Waals surface area contributed by atoms with Gasteiger partial charge in [0.2, 0.25) is 0 Å². The van der Waals surface area contributed by atoms with Crippen LogP contribution in [0.1, 0.15) is 12.8 Å². The fourth-order valence-corrected chi connectivity index (χ4v) is 4.52. The van der Waals surface area contributed by atoms with Gasteiger partial charge in [0.05, 0.1) is 5.69 Å². The van der Waals surface area contributed by atoms with Crippen molar-refractivity contribution in [2.75, 3.05) is 25.0 Å². The van der Waals surface area contributed by atoms with Gasteiger partial charge in [-0.15, -0.1) is 0 Å². The van der Waals surface area contributed by atoms with E-state index in [2.05, 4.69) is 10.6 Å². The lowest BCUT2D eigenvalue weighted by Crippen LogP contribution is -2.47. The van der Waals surface area contributed by atoms with E-state index in [0.29, 0.717) is 5.02 Å². The molecule has 114 valence electrons. The maximum Gasteiger partial charge on any atom is 0.335 e. The van der Waals surface area contributed by atoms with Crippen LogP contribution in [0.15, 0.2) is 23.1 Å². The number of nitrogens with zero attached hydrogens (tertiary/aromatic N) is 1. The minimum absolute atomic E-state index is 0.0588. The maximum absolute atomic E-state index is 12.6. The van der Waals surface area contributed by atoms with Gasteiger partial charge in [-0.05, 0) is 50.0 Å². The third-order valence-corrected chi connectivity index (χ3v) is 5.89. The minimum Gasteiger partial charge on any atom is -0.317 e. The smallest absolute Gasteiger partial charge is 0.317 e. The lowest BCUT2D eigenvalue weighted by molar-refractivity contribution is 0.224. The van der Waals surface area contributed by atoms with Crippen molar-refractivity contribution in [2.45, 2.75) is 17.7 Å². The van der Waals surface area contributed by atoms with Crippen molar-refractivity contribution in [3.63, 3.8) is 0 Å². The van der Waals surface area contributed by atoms with Crippen LogP contribution in [-0.2, 0) is 10.0 Å². The monoisotopic (exact) mass is 329 g/mol. The van der Waals surface area contributed by atoms with Crippen molar-refractivity contribution < 1.29 is 13.2 Å². The number of amides is 2. The molecule has 1 saturated heterocycles. The van der Waals surface area contributed by atoms with E-state index < -0.39 is 16.1 Å². The molecule has 0 spiro atoms. The number of carbonyl (C=O) groups is 1. The van der Waals surface area contributed by atoms with E-state index in [9.17, 15) is 13.2 Å². The van der Waals surface area contributed by atoms with Crippen LogP contribution in [0.3, 0.4) is 0 Å². The molecule has 6 nitrogen and oxygen atoms in total. The molecule has 21 heavy (non-hydrogen) atoms. The third-order valence-electron chi connectivity index (χ3n) is 3.86. The first kappa shape index (κ1) is 14.6. The summed E-state index contributed by atoms with van der Waals surface area (Å²) in [6.07, 6.45) is 1.73. The molecule has 0 saturated carbocycles. The molecular formula is C13H16ClN3O3S. The largest absolute Gasteiger partial charge is 0.335 e. The van der Waals surface area contributed by atoms with Crippen molar-refractivity contribution in [3.8, 4) is 0 Å². The van der Waals surface area contributed by atoms with Crippen molar-refractivity contribution in [2.24, 2.45) is 5.92 Å². The highest BCUT2D eigenvalue weighted by Crippen LogP contribution is 2.33. The Labute approximate surface area is 128 Å². The van der Waals surface area contributed by atoms with Gasteiger partial charge in [0.15, 0.2) is 0 Å². The number of hydrogen-bond donors (Lipinski definition) is 2. The Morgan fingerprint density at radius 1 is 1.29 bits per heavy atom. The Balaban J connectivity index is 1.93. The van der Waals surface area contributed by atoms with Crippen LogP contribution >= 0.6 is 11.6 Å². The predicted octanol–water partition coefficient (Wildman–Crippen LogP) is 1.88. The van der Waals surface area contributed by atoms with E-state index in [1.54, 1.807) is 6.07 Å². The van der Waals surface area contributed by atoms with Gasteiger partial charge in [-0.25, -0.2) is 17.5 Å². The summed E-state index contributed by atoms with van der Waals surface area (Å²) < 4.78 is 26.2. The van der Waals surface area contributed by atoms with E-state index in [0.717, 1.165) is 30.2 Å². The van der Waals surface area contributed by atoms with Crippen molar-refractivity contribution in [1.29, 1.82) is 0 Å². The second-order valence-corrected chi connectivity index (χ2v) is 7.57. The van der Waals surface area contributed by atoms with Gasteiger partial charge in [0, 0.05) is 11.6 Å². The number of carbonyl (C=O) groups excluding carboxylic acids is 1. The molecule has 0 aromatic heterocycles. The van der Waals surface area contributed by atoms with E-state index in [-0.39, 0.29) is 23.0 Å². The Hall–Kier alpha value is -1.31. The molecular weight excluding hydrogens is 314 g/mol.